The third-order valence-corrected chi connectivity index (χ3v) is 3.91. The maximum atomic E-state index is 12.5. The van der Waals surface area contributed by atoms with Crippen molar-refractivity contribution < 1.29 is 18.7 Å². The topological polar surface area (TPSA) is 71.8 Å². The van der Waals surface area contributed by atoms with E-state index in [4.69, 9.17) is 9.15 Å². The zero-order valence-electron chi connectivity index (χ0n) is 12.8. The lowest BCUT2D eigenvalue weighted by atomic mass is 10.2. The molecule has 0 radical (unpaired) electrons. The fraction of sp³-hybridized carbons (Fsp3) is 0.294. The highest BCUT2D eigenvalue weighted by Crippen LogP contribution is 2.22. The molecular formula is C17H18N2O4. The predicted octanol–water partition coefficient (Wildman–Crippen LogP) is 2.53. The summed E-state index contributed by atoms with van der Waals surface area (Å²) in [5, 5.41) is 2.85. The van der Waals surface area contributed by atoms with E-state index in [1.165, 1.54) is 6.26 Å². The van der Waals surface area contributed by atoms with Gasteiger partial charge >= 0.3 is 0 Å². The van der Waals surface area contributed by atoms with Crippen LogP contribution in [-0.4, -0.2) is 36.4 Å². The zero-order valence-corrected chi connectivity index (χ0v) is 12.8. The fourth-order valence-corrected chi connectivity index (χ4v) is 2.72. The predicted molar refractivity (Wildman–Crippen MR) is 84.4 cm³/mol. The van der Waals surface area contributed by atoms with E-state index in [1.807, 2.05) is 0 Å². The van der Waals surface area contributed by atoms with Crippen molar-refractivity contribution >= 4 is 17.5 Å². The smallest absolute Gasteiger partial charge is 0.290 e. The van der Waals surface area contributed by atoms with Gasteiger partial charge in [-0.05, 0) is 49.2 Å². The number of rotatable bonds is 4. The maximum Gasteiger partial charge on any atom is 0.290 e. The van der Waals surface area contributed by atoms with Gasteiger partial charge in [-0.15, -0.1) is 0 Å². The van der Waals surface area contributed by atoms with E-state index in [0.717, 1.165) is 12.2 Å². The van der Waals surface area contributed by atoms with Crippen molar-refractivity contribution in [2.45, 2.75) is 18.9 Å². The largest absolute Gasteiger partial charge is 0.497 e. The van der Waals surface area contributed by atoms with Crippen LogP contribution in [0.1, 0.15) is 23.4 Å². The molecule has 1 aromatic heterocycles. The molecule has 1 fully saturated rings. The van der Waals surface area contributed by atoms with Crippen LogP contribution in [0.2, 0.25) is 0 Å². The zero-order chi connectivity index (χ0) is 16.2. The number of hydrogen-bond donors (Lipinski definition) is 1. The van der Waals surface area contributed by atoms with Gasteiger partial charge in [0.2, 0.25) is 5.91 Å². The summed E-state index contributed by atoms with van der Waals surface area (Å²) in [6.45, 7) is 0.556. The minimum Gasteiger partial charge on any atom is -0.497 e. The number of hydrogen-bond acceptors (Lipinski definition) is 4. The van der Waals surface area contributed by atoms with Crippen molar-refractivity contribution in [3.05, 3.63) is 48.4 Å². The van der Waals surface area contributed by atoms with Crippen LogP contribution >= 0.6 is 0 Å². The van der Waals surface area contributed by atoms with Crippen molar-refractivity contribution in [3.8, 4) is 5.75 Å². The van der Waals surface area contributed by atoms with Gasteiger partial charge in [0.05, 0.1) is 13.4 Å². The van der Waals surface area contributed by atoms with Gasteiger partial charge in [-0.25, -0.2) is 0 Å². The number of furan rings is 1. The van der Waals surface area contributed by atoms with E-state index in [9.17, 15) is 9.59 Å². The van der Waals surface area contributed by atoms with Crippen molar-refractivity contribution in [1.29, 1.82) is 0 Å². The Morgan fingerprint density at radius 1 is 1.26 bits per heavy atom. The lowest BCUT2D eigenvalue weighted by Gasteiger charge is -2.23. The standard InChI is InChI=1S/C17H18N2O4/c1-22-13-8-6-12(7-9-13)18-16(20)14-4-2-10-19(14)17(21)15-5-3-11-23-15/h3,5-9,11,14H,2,4,10H2,1H3,(H,18,20)/t14-/m0/s1. The number of nitrogens with zero attached hydrogens (tertiary/aromatic N) is 1. The molecule has 6 nitrogen and oxygen atoms in total. The minimum atomic E-state index is -0.477. The van der Waals surface area contributed by atoms with Gasteiger partial charge in [0.25, 0.3) is 5.91 Å². The number of nitrogens with one attached hydrogen (secondary N) is 1. The Morgan fingerprint density at radius 3 is 2.70 bits per heavy atom. The van der Waals surface area contributed by atoms with Gasteiger partial charge in [-0.2, -0.15) is 0 Å². The normalized spacial score (nSPS) is 17.1. The highest BCUT2D eigenvalue weighted by molar-refractivity contribution is 6.00. The number of ether oxygens (including phenoxy) is 1. The molecule has 0 spiro atoms. The molecule has 23 heavy (non-hydrogen) atoms. The number of benzene rings is 1. The molecular weight excluding hydrogens is 296 g/mol. The van der Waals surface area contributed by atoms with Crippen molar-refractivity contribution in [2.75, 3.05) is 19.0 Å². The van der Waals surface area contributed by atoms with Gasteiger partial charge < -0.3 is 19.4 Å². The number of methoxy groups -OCH3 is 1. The van der Waals surface area contributed by atoms with E-state index in [2.05, 4.69) is 5.32 Å². The van der Waals surface area contributed by atoms with E-state index >= 15 is 0 Å². The summed E-state index contributed by atoms with van der Waals surface area (Å²) < 4.78 is 10.2. The number of likely N-dealkylation sites (tertiary alicyclic amines) is 1. The van der Waals surface area contributed by atoms with Crippen LogP contribution in [0.15, 0.2) is 47.1 Å². The molecule has 1 saturated heterocycles. The fourth-order valence-electron chi connectivity index (χ4n) is 2.72. The van der Waals surface area contributed by atoms with E-state index in [-0.39, 0.29) is 17.6 Å². The van der Waals surface area contributed by atoms with Gasteiger partial charge in [0.1, 0.15) is 11.8 Å². The van der Waals surface area contributed by atoms with Gasteiger partial charge in [-0.3, -0.25) is 9.59 Å². The Kier molecular flexibility index (Phi) is 4.32. The van der Waals surface area contributed by atoms with E-state index < -0.39 is 6.04 Å². The molecule has 0 unspecified atom stereocenters. The molecule has 0 saturated carbocycles. The number of anilines is 1. The van der Waals surface area contributed by atoms with E-state index in [1.54, 1.807) is 48.4 Å². The molecule has 2 aromatic rings. The second-order valence-corrected chi connectivity index (χ2v) is 5.35. The highest BCUT2D eigenvalue weighted by Gasteiger charge is 2.35. The lowest BCUT2D eigenvalue weighted by molar-refractivity contribution is -0.119. The number of amides is 2. The molecule has 1 atom stereocenters. The highest BCUT2D eigenvalue weighted by atomic mass is 16.5. The van der Waals surface area contributed by atoms with Gasteiger partial charge in [0, 0.05) is 12.2 Å². The first-order chi connectivity index (χ1) is 11.2. The molecule has 120 valence electrons. The summed E-state index contributed by atoms with van der Waals surface area (Å²) in [6.07, 6.45) is 2.90. The Balaban J connectivity index is 1.69. The second kappa shape index (κ2) is 6.56. The Labute approximate surface area is 134 Å². The SMILES string of the molecule is COc1ccc(NC(=O)[C@@H]2CCCN2C(=O)c2ccco2)cc1. The van der Waals surface area contributed by atoms with Crippen LogP contribution in [0.5, 0.6) is 5.75 Å². The Bertz CT molecular complexity index is 679. The molecule has 1 N–H and O–H groups in total. The van der Waals surface area contributed by atoms with Crippen molar-refractivity contribution in [1.82, 2.24) is 4.90 Å². The van der Waals surface area contributed by atoms with Crippen LogP contribution in [0.4, 0.5) is 5.69 Å². The molecule has 1 aliphatic heterocycles. The summed E-state index contributed by atoms with van der Waals surface area (Å²) in [4.78, 5) is 26.4. The third kappa shape index (κ3) is 3.21. The van der Waals surface area contributed by atoms with Crippen LogP contribution in [0, 0.1) is 0 Å². The van der Waals surface area contributed by atoms with E-state index in [0.29, 0.717) is 18.7 Å². The summed E-state index contributed by atoms with van der Waals surface area (Å²) in [7, 11) is 1.59. The summed E-state index contributed by atoms with van der Waals surface area (Å²) in [6, 6.07) is 9.88. The molecule has 6 heteroatoms. The first kappa shape index (κ1) is 15.1. The third-order valence-electron chi connectivity index (χ3n) is 3.91. The number of carbonyl (C=O) groups is 2. The van der Waals surface area contributed by atoms with Crippen molar-refractivity contribution in [2.24, 2.45) is 0 Å². The van der Waals surface area contributed by atoms with Crippen molar-refractivity contribution in [3.63, 3.8) is 0 Å². The maximum absolute atomic E-state index is 12.5. The Hall–Kier alpha value is -2.76. The van der Waals surface area contributed by atoms with Crippen LogP contribution in [0.3, 0.4) is 0 Å². The first-order valence-electron chi connectivity index (χ1n) is 7.48. The summed E-state index contributed by atoms with van der Waals surface area (Å²) >= 11 is 0. The van der Waals surface area contributed by atoms with Gasteiger partial charge in [-0.1, -0.05) is 0 Å². The average molecular weight is 314 g/mol. The second-order valence-electron chi connectivity index (χ2n) is 5.35. The van der Waals surface area contributed by atoms with Crippen LogP contribution < -0.4 is 10.1 Å². The summed E-state index contributed by atoms with van der Waals surface area (Å²) in [5.74, 6) is 0.544. The quantitative estimate of drug-likeness (QED) is 0.941. The molecule has 2 heterocycles. The minimum absolute atomic E-state index is 0.187. The lowest BCUT2D eigenvalue weighted by Crippen LogP contribution is -2.43. The molecule has 3 rings (SSSR count). The van der Waals surface area contributed by atoms with Crippen LogP contribution in [-0.2, 0) is 4.79 Å². The molecule has 1 aliphatic rings. The average Bonchev–Trinajstić information content (AvgIpc) is 3.26. The molecule has 1 aromatic carbocycles. The molecule has 2 amide bonds. The Morgan fingerprint density at radius 2 is 2.04 bits per heavy atom. The molecule has 0 aliphatic carbocycles. The first-order valence-corrected chi connectivity index (χ1v) is 7.48. The molecule has 0 bridgehead atoms. The summed E-state index contributed by atoms with van der Waals surface area (Å²) in [5.41, 5.74) is 0.674. The monoisotopic (exact) mass is 314 g/mol. The number of carbonyl (C=O) groups excluding carboxylic acids is 2. The van der Waals surface area contributed by atoms with Gasteiger partial charge in [0.15, 0.2) is 5.76 Å². The van der Waals surface area contributed by atoms with Crippen LogP contribution in [0.25, 0.3) is 0 Å².